The Hall–Kier alpha value is 0.270. The van der Waals surface area contributed by atoms with Crippen LogP contribution in [-0.2, 0) is 0 Å². The Morgan fingerprint density at radius 1 is 1.29 bits per heavy atom. The van der Waals surface area contributed by atoms with Crippen LogP contribution >= 0.6 is 11.8 Å². The molecule has 0 saturated carbocycles. The van der Waals surface area contributed by atoms with Crippen molar-refractivity contribution >= 4 is 11.8 Å². The van der Waals surface area contributed by atoms with Crippen molar-refractivity contribution in [3.63, 3.8) is 0 Å². The Balaban J connectivity index is 1.86. The molecule has 0 aliphatic carbocycles. The maximum absolute atomic E-state index is 3.74. The van der Waals surface area contributed by atoms with Gasteiger partial charge in [-0.15, -0.1) is 0 Å². The fourth-order valence-electron chi connectivity index (χ4n) is 3.14. The van der Waals surface area contributed by atoms with Crippen molar-refractivity contribution in [1.82, 2.24) is 10.2 Å². The third kappa shape index (κ3) is 4.46. The molecule has 2 fully saturated rings. The largest absolute Gasteiger partial charge is 0.313 e. The molecular weight excluding hydrogens is 228 g/mol. The molecule has 0 radical (unpaired) electrons. The molecule has 0 spiro atoms. The van der Waals surface area contributed by atoms with Crippen LogP contribution in [0, 0.1) is 5.92 Å². The van der Waals surface area contributed by atoms with Crippen molar-refractivity contribution in [3.8, 4) is 0 Å². The fourth-order valence-corrected chi connectivity index (χ4v) is 4.22. The summed E-state index contributed by atoms with van der Waals surface area (Å²) in [5.41, 5.74) is 0. The first kappa shape index (κ1) is 13.7. The lowest BCUT2D eigenvalue weighted by Crippen LogP contribution is -2.44. The van der Waals surface area contributed by atoms with Crippen LogP contribution in [0.3, 0.4) is 0 Å². The molecule has 0 amide bonds. The van der Waals surface area contributed by atoms with Crippen LogP contribution in [0.4, 0.5) is 0 Å². The van der Waals surface area contributed by atoms with Crippen molar-refractivity contribution < 1.29 is 0 Å². The predicted octanol–water partition coefficient (Wildman–Crippen LogP) is 2.59. The van der Waals surface area contributed by atoms with E-state index in [1.165, 1.54) is 56.8 Å². The molecule has 3 heteroatoms. The second-order valence-electron chi connectivity index (χ2n) is 5.97. The first-order valence-corrected chi connectivity index (χ1v) is 8.46. The molecule has 0 aromatic carbocycles. The van der Waals surface area contributed by atoms with Crippen LogP contribution in [0.25, 0.3) is 0 Å². The van der Waals surface area contributed by atoms with E-state index in [0.29, 0.717) is 0 Å². The Kier molecular flexibility index (Phi) is 5.64. The molecule has 0 aromatic heterocycles. The minimum Gasteiger partial charge on any atom is -0.313 e. The zero-order valence-corrected chi connectivity index (χ0v) is 12.3. The lowest BCUT2D eigenvalue weighted by atomic mass is 10.0. The van der Waals surface area contributed by atoms with E-state index in [2.05, 4.69) is 35.8 Å². The van der Waals surface area contributed by atoms with Gasteiger partial charge in [-0.25, -0.2) is 0 Å². The number of nitrogens with zero attached hydrogens (tertiary/aromatic N) is 1. The quantitative estimate of drug-likeness (QED) is 0.835. The van der Waals surface area contributed by atoms with Crippen molar-refractivity contribution in [3.05, 3.63) is 0 Å². The van der Waals surface area contributed by atoms with Gasteiger partial charge in [0.2, 0.25) is 0 Å². The summed E-state index contributed by atoms with van der Waals surface area (Å²) in [7, 11) is 0. The van der Waals surface area contributed by atoms with Crippen LogP contribution in [-0.4, -0.2) is 48.1 Å². The number of hydrogen-bond acceptors (Lipinski definition) is 3. The normalized spacial score (nSPS) is 29.5. The van der Waals surface area contributed by atoms with E-state index in [1.54, 1.807) is 0 Å². The highest BCUT2D eigenvalue weighted by Gasteiger charge is 2.25. The van der Waals surface area contributed by atoms with Crippen molar-refractivity contribution in [1.29, 1.82) is 0 Å². The topological polar surface area (TPSA) is 15.3 Å². The maximum Gasteiger partial charge on any atom is 0.0197 e. The average Bonchev–Trinajstić information content (AvgIpc) is 2.55. The van der Waals surface area contributed by atoms with E-state index in [1.807, 2.05) is 0 Å². The SMILES string of the molecule is CC(C)CC1CN(C2CCSCC2)CCCN1. The molecule has 0 bridgehead atoms. The highest BCUT2D eigenvalue weighted by Crippen LogP contribution is 2.23. The lowest BCUT2D eigenvalue weighted by molar-refractivity contribution is 0.176. The molecule has 0 aromatic rings. The third-order valence-electron chi connectivity index (χ3n) is 3.97. The summed E-state index contributed by atoms with van der Waals surface area (Å²) in [4.78, 5) is 2.78. The summed E-state index contributed by atoms with van der Waals surface area (Å²) < 4.78 is 0. The van der Waals surface area contributed by atoms with Crippen LogP contribution in [0.5, 0.6) is 0 Å². The van der Waals surface area contributed by atoms with E-state index >= 15 is 0 Å². The standard InChI is InChI=1S/C14H28N2S/c1-12(2)10-13-11-16(7-3-6-15-13)14-4-8-17-9-5-14/h12-15H,3-11H2,1-2H3. The molecule has 100 valence electrons. The van der Waals surface area contributed by atoms with Crippen molar-refractivity contribution in [2.75, 3.05) is 31.1 Å². The average molecular weight is 256 g/mol. The van der Waals surface area contributed by atoms with E-state index in [9.17, 15) is 0 Å². The molecule has 2 rings (SSSR count). The van der Waals surface area contributed by atoms with Gasteiger partial charge in [-0.05, 0) is 56.2 Å². The molecule has 1 unspecified atom stereocenters. The number of thioether (sulfide) groups is 1. The highest BCUT2D eigenvalue weighted by atomic mass is 32.2. The fraction of sp³-hybridized carbons (Fsp3) is 1.00. The van der Waals surface area contributed by atoms with Gasteiger partial charge in [-0.2, -0.15) is 11.8 Å². The van der Waals surface area contributed by atoms with Crippen molar-refractivity contribution in [2.45, 2.75) is 51.6 Å². The summed E-state index contributed by atoms with van der Waals surface area (Å²) >= 11 is 2.14. The monoisotopic (exact) mass is 256 g/mol. The molecule has 2 nitrogen and oxygen atoms in total. The summed E-state index contributed by atoms with van der Waals surface area (Å²) in [6, 6.07) is 1.61. The summed E-state index contributed by atoms with van der Waals surface area (Å²) in [5, 5.41) is 3.74. The number of rotatable bonds is 3. The molecule has 1 N–H and O–H groups in total. The molecule has 2 heterocycles. The van der Waals surface area contributed by atoms with Gasteiger partial charge in [0.25, 0.3) is 0 Å². The molecular formula is C14H28N2S. The van der Waals surface area contributed by atoms with E-state index in [0.717, 1.165) is 18.0 Å². The van der Waals surface area contributed by atoms with Gasteiger partial charge < -0.3 is 5.32 Å². The maximum atomic E-state index is 3.74. The molecule has 17 heavy (non-hydrogen) atoms. The van der Waals surface area contributed by atoms with E-state index in [4.69, 9.17) is 0 Å². The first-order chi connectivity index (χ1) is 8.25. The Morgan fingerprint density at radius 3 is 2.76 bits per heavy atom. The smallest absolute Gasteiger partial charge is 0.0197 e. The van der Waals surface area contributed by atoms with Gasteiger partial charge in [-0.3, -0.25) is 4.90 Å². The van der Waals surface area contributed by atoms with Gasteiger partial charge >= 0.3 is 0 Å². The first-order valence-electron chi connectivity index (χ1n) is 7.31. The number of hydrogen-bond donors (Lipinski definition) is 1. The summed E-state index contributed by atoms with van der Waals surface area (Å²) in [5.74, 6) is 3.57. The minimum absolute atomic E-state index is 0.729. The molecule has 2 aliphatic rings. The zero-order valence-electron chi connectivity index (χ0n) is 11.5. The lowest BCUT2D eigenvalue weighted by Gasteiger charge is -2.35. The summed E-state index contributed by atoms with van der Waals surface area (Å²) in [6.45, 7) is 8.50. The van der Waals surface area contributed by atoms with Gasteiger partial charge in [-0.1, -0.05) is 13.8 Å². The Bertz CT molecular complexity index is 214. The van der Waals surface area contributed by atoms with Crippen LogP contribution in [0.1, 0.15) is 39.5 Å². The predicted molar refractivity (Wildman–Crippen MR) is 77.8 cm³/mol. The van der Waals surface area contributed by atoms with Crippen LogP contribution in [0.2, 0.25) is 0 Å². The van der Waals surface area contributed by atoms with Crippen molar-refractivity contribution in [2.24, 2.45) is 5.92 Å². The molecule has 1 atom stereocenters. The highest BCUT2D eigenvalue weighted by molar-refractivity contribution is 7.99. The minimum atomic E-state index is 0.729. The number of nitrogens with one attached hydrogen (secondary N) is 1. The van der Waals surface area contributed by atoms with Crippen LogP contribution in [0.15, 0.2) is 0 Å². The second-order valence-corrected chi connectivity index (χ2v) is 7.20. The molecule has 2 aliphatic heterocycles. The van der Waals surface area contributed by atoms with Gasteiger partial charge in [0.15, 0.2) is 0 Å². The molecule has 2 saturated heterocycles. The summed E-state index contributed by atoms with van der Waals surface area (Å²) in [6.07, 6.45) is 5.49. The Morgan fingerprint density at radius 2 is 2.06 bits per heavy atom. The van der Waals surface area contributed by atoms with Gasteiger partial charge in [0.05, 0.1) is 0 Å². The third-order valence-corrected chi connectivity index (χ3v) is 5.02. The second kappa shape index (κ2) is 7.01. The van der Waals surface area contributed by atoms with Gasteiger partial charge in [0.1, 0.15) is 0 Å². The zero-order chi connectivity index (χ0) is 12.1. The van der Waals surface area contributed by atoms with Crippen LogP contribution < -0.4 is 5.32 Å². The van der Waals surface area contributed by atoms with E-state index in [-0.39, 0.29) is 0 Å². The van der Waals surface area contributed by atoms with Gasteiger partial charge in [0, 0.05) is 18.6 Å². The Labute approximate surface area is 111 Å². The van der Waals surface area contributed by atoms with E-state index < -0.39 is 0 Å².